The molecule has 0 bridgehead atoms. The molecule has 1 amide bonds. The number of amides is 1. The van der Waals surface area contributed by atoms with Gasteiger partial charge in [-0.15, -0.1) is 0 Å². The minimum atomic E-state index is -1.18. The van der Waals surface area contributed by atoms with Crippen LogP contribution in [0.3, 0.4) is 0 Å². The maximum absolute atomic E-state index is 12.6. The number of furan rings is 1. The molecule has 35 heavy (non-hydrogen) atoms. The monoisotopic (exact) mass is 467 g/mol. The SMILES string of the molecule is Cc1ccc(-c2ccc(CC(NC(=O)OCC3c4ccccc4-c4ccccc43)C(=O)O)o2)cc1. The Hall–Kier alpha value is -4.32. The fourth-order valence-electron chi connectivity index (χ4n) is 4.54. The lowest BCUT2D eigenvalue weighted by Gasteiger charge is -2.17. The van der Waals surface area contributed by atoms with Gasteiger partial charge in [-0.2, -0.15) is 0 Å². The molecule has 1 aliphatic carbocycles. The van der Waals surface area contributed by atoms with Crippen LogP contribution in [0.4, 0.5) is 4.79 Å². The van der Waals surface area contributed by atoms with Crippen LogP contribution in [0.25, 0.3) is 22.5 Å². The number of rotatable bonds is 7. The third kappa shape index (κ3) is 4.68. The second-order valence-electron chi connectivity index (χ2n) is 8.70. The summed E-state index contributed by atoms with van der Waals surface area (Å²) >= 11 is 0. The second kappa shape index (κ2) is 9.50. The van der Waals surface area contributed by atoms with Crippen molar-refractivity contribution in [2.45, 2.75) is 25.3 Å². The molecule has 0 spiro atoms. The molecule has 0 saturated carbocycles. The minimum absolute atomic E-state index is 0.00535. The molecule has 0 aliphatic heterocycles. The third-order valence-electron chi connectivity index (χ3n) is 6.34. The summed E-state index contributed by atoms with van der Waals surface area (Å²) in [6, 6.07) is 26.3. The van der Waals surface area contributed by atoms with E-state index in [1.807, 2.05) is 67.6 Å². The summed E-state index contributed by atoms with van der Waals surface area (Å²) in [7, 11) is 0. The molecule has 1 atom stereocenters. The average molecular weight is 468 g/mol. The standard InChI is InChI=1S/C29H25NO5/c1-18-10-12-19(13-11-18)27-15-14-20(35-27)16-26(28(31)32)30-29(33)34-17-25-23-8-4-2-6-21(23)22-7-3-5-9-24(22)25/h2-15,25-26H,16-17H2,1H3,(H,30,33)(H,31,32). The smallest absolute Gasteiger partial charge is 0.407 e. The molecule has 0 radical (unpaired) electrons. The number of carboxylic acid groups (broad SMARTS) is 1. The number of hydrogen-bond donors (Lipinski definition) is 2. The van der Waals surface area contributed by atoms with Gasteiger partial charge in [-0.05, 0) is 41.3 Å². The van der Waals surface area contributed by atoms with E-state index in [-0.39, 0.29) is 18.9 Å². The summed E-state index contributed by atoms with van der Waals surface area (Å²) in [6.45, 7) is 2.12. The number of aliphatic carboxylic acids is 1. The van der Waals surface area contributed by atoms with Crippen LogP contribution in [0, 0.1) is 6.92 Å². The second-order valence-corrected chi connectivity index (χ2v) is 8.70. The van der Waals surface area contributed by atoms with Gasteiger partial charge < -0.3 is 19.6 Å². The van der Waals surface area contributed by atoms with E-state index in [0.29, 0.717) is 11.5 Å². The van der Waals surface area contributed by atoms with E-state index in [1.54, 1.807) is 12.1 Å². The summed E-state index contributed by atoms with van der Waals surface area (Å²) < 4.78 is 11.3. The van der Waals surface area contributed by atoms with Gasteiger partial charge in [0.1, 0.15) is 24.2 Å². The summed E-state index contributed by atoms with van der Waals surface area (Å²) in [5.41, 5.74) is 6.48. The van der Waals surface area contributed by atoms with Gasteiger partial charge in [-0.3, -0.25) is 0 Å². The molecule has 2 N–H and O–H groups in total. The summed E-state index contributed by atoms with van der Waals surface area (Å²) in [6.07, 6.45) is -0.768. The fraction of sp³-hybridized carbons (Fsp3) is 0.172. The van der Waals surface area contributed by atoms with Gasteiger partial charge in [0, 0.05) is 17.9 Å². The Morgan fingerprint density at radius 3 is 2.17 bits per heavy atom. The van der Waals surface area contributed by atoms with E-state index in [1.165, 1.54) is 0 Å². The molecular formula is C29H25NO5. The van der Waals surface area contributed by atoms with Crippen molar-refractivity contribution < 1.29 is 23.8 Å². The lowest BCUT2D eigenvalue weighted by molar-refractivity contribution is -0.139. The van der Waals surface area contributed by atoms with Gasteiger partial charge in [-0.1, -0.05) is 78.4 Å². The lowest BCUT2D eigenvalue weighted by Crippen LogP contribution is -2.42. The predicted molar refractivity (Wildman–Crippen MR) is 132 cm³/mol. The number of ether oxygens (including phenoxy) is 1. The normalized spacial score (nSPS) is 13.1. The molecule has 0 saturated heterocycles. The van der Waals surface area contributed by atoms with E-state index in [4.69, 9.17) is 9.15 Å². The van der Waals surface area contributed by atoms with Crippen molar-refractivity contribution >= 4 is 12.1 Å². The van der Waals surface area contributed by atoms with Crippen LogP contribution in [-0.2, 0) is 16.0 Å². The van der Waals surface area contributed by atoms with E-state index in [2.05, 4.69) is 17.4 Å². The molecule has 4 aromatic rings. The van der Waals surface area contributed by atoms with Crippen molar-refractivity contribution in [2.75, 3.05) is 6.61 Å². The Labute approximate surface area is 203 Å². The first-order valence-electron chi connectivity index (χ1n) is 11.5. The highest BCUT2D eigenvalue weighted by molar-refractivity contribution is 5.81. The van der Waals surface area contributed by atoms with Gasteiger partial charge in [0.2, 0.25) is 0 Å². The van der Waals surface area contributed by atoms with Crippen molar-refractivity contribution in [2.24, 2.45) is 0 Å². The molecule has 6 nitrogen and oxygen atoms in total. The van der Waals surface area contributed by atoms with Crippen LogP contribution in [0.1, 0.15) is 28.4 Å². The van der Waals surface area contributed by atoms with Crippen LogP contribution in [0.5, 0.6) is 0 Å². The summed E-state index contributed by atoms with van der Waals surface area (Å²) in [5.74, 6) is -0.150. The highest BCUT2D eigenvalue weighted by Crippen LogP contribution is 2.44. The number of nitrogens with one attached hydrogen (secondary N) is 1. The molecule has 6 heteroatoms. The van der Waals surface area contributed by atoms with Gasteiger partial charge in [0.05, 0.1) is 0 Å². The maximum atomic E-state index is 12.6. The van der Waals surface area contributed by atoms with Crippen LogP contribution >= 0.6 is 0 Å². The zero-order valence-corrected chi connectivity index (χ0v) is 19.2. The van der Waals surface area contributed by atoms with Crippen molar-refractivity contribution in [3.63, 3.8) is 0 Å². The minimum Gasteiger partial charge on any atom is -0.480 e. The number of alkyl carbamates (subject to hydrolysis) is 1. The molecule has 1 heterocycles. The van der Waals surface area contributed by atoms with Crippen LogP contribution < -0.4 is 5.32 Å². The highest BCUT2D eigenvalue weighted by atomic mass is 16.5. The fourth-order valence-corrected chi connectivity index (χ4v) is 4.54. The molecular weight excluding hydrogens is 442 g/mol. The van der Waals surface area contributed by atoms with Crippen LogP contribution in [0.2, 0.25) is 0 Å². The molecule has 1 aromatic heterocycles. The Morgan fingerprint density at radius 1 is 0.914 bits per heavy atom. The Kier molecular flexibility index (Phi) is 6.10. The predicted octanol–water partition coefficient (Wildman–Crippen LogP) is 5.79. The summed E-state index contributed by atoms with van der Waals surface area (Å²) in [5, 5.41) is 12.1. The first kappa shape index (κ1) is 22.5. The van der Waals surface area contributed by atoms with E-state index < -0.39 is 18.1 Å². The maximum Gasteiger partial charge on any atom is 0.407 e. The van der Waals surface area contributed by atoms with Gasteiger partial charge in [-0.25, -0.2) is 9.59 Å². The number of carbonyl (C=O) groups excluding carboxylic acids is 1. The van der Waals surface area contributed by atoms with Crippen molar-refractivity contribution in [1.82, 2.24) is 5.32 Å². The van der Waals surface area contributed by atoms with E-state index >= 15 is 0 Å². The zero-order chi connectivity index (χ0) is 24.4. The third-order valence-corrected chi connectivity index (χ3v) is 6.34. The van der Waals surface area contributed by atoms with Crippen LogP contribution in [-0.4, -0.2) is 29.8 Å². The molecule has 1 unspecified atom stereocenters. The molecule has 5 rings (SSSR count). The van der Waals surface area contributed by atoms with Crippen LogP contribution in [0.15, 0.2) is 89.3 Å². The topological polar surface area (TPSA) is 88.8 Å². The first-order chi connectivity index (χ1) is 17.0. The number of fused-ring (bicyclic) bond motifs is 3. The van der Waals surface area contributed by atoms with E-state index in [0.717, 1.165) is 33.4 Å². The van der Waals surface area contributed by atoms with Crippen molar-refractivity contribution in [3.8, 4) is 22.5 Å². The van der Waals surface area contributed by atoms with Crippen molar-refractivity contribution in [1.29, 1.82) is 0 Å². The molecule has 0 fully saturated rings. The Balaban J connectivity index is 1.23. The van der Waals surface area contributed by atoms with Gasteiger partial charge >= 0.3 is 12.1 Å². The largest absolute Gasteiger partial charge is 0.480 e. The molecule has 176 valence electrons. The summed E-state index contributed by atoms with van der Waals surface area (Å²) in [4.78, 5) is 24.4. The number of benzene rings is 3. The zero-order valence-electron chi connectivity index (χ0n) is 19.2. The van der Waals surface area contributed by atoms with Crippen molar-refractivity contribution in [3.05, 3.63) is 107 Å². The quantitative estimate of drug-likeness (QED) is 0.359. The highest BCUT2D eigenvalue weighted by Gasteiger charge is 2.30. The van der Waals surface area contributed by atoms with Gasteiger partial charge in [0.25, 0.3) is 0 Å². The number of carboxylic acids is 1. The Morgan fingerprint density at radius 2 is 1.54 bits per heavy atom. The molecule has 3 aromatic carbocycles. The first-order valence-corrected chi connectivity index (χ1v) is 11.5. The lowest BCUT2D eigenvalue weighted by atomic mass is 9.98. The Bertz CT molecular complexity index is 1330. The number of aryl methyl sites for hydroxylation is 1. The number of carbonyl (C=O) groups is 2. The average Bonchev–Trinajstić information content (AvgIpc) is 3.45. The number of hydrogen-bond acceptors (Lipinski definition) is 4. The van der Waals surface area contributed by atoms with E-state index in [9.17, 15) is 14.7 Å². The molecule has 1 aliphatic rings. The van der Waals surface area contributed by atoms with Gasteiger partial charge in [0.15, 0.2) is 0 Å².